The number of pyridine rings is 1. The fourth-order valence-corrected chi connectivity index (χ4v) is 5.43. The molecule has 1 aromatic heterocycles. The van der Waals surface area contributed by atoms with E-state index in [0.29, 0.717) is 28.3 Å². The molecule has 1 atom stereocenters. The first kappa shape index (κ1) is 25.8. The number of aliphatic carboxylic acids is 1. The van der Waals surface area contributed by atoms with Gasteiger partial charge in [0.15, 0.2) is 0 Å². The van der Waals surface area contributed by atoms with Gasteiger partial charge >= 0.3 is 5.97 Å². The first-order valence-corrected chi connectivity index (χ1v) is 12.6. The Hall–Kier alpha value is -3.25. The summed E-state index contributed by atoms with van der Waals surface area (Å²) in [5.74, 6) is -2.11. The predicted octanol–water partition coefficient (Wildman–Crippen LogP) is 7.09. The standard InChI is InChI=1S/C29H30ClFN2O3/c1-17-12-24(25(31)14-23(17)21-13-22(30)16-32-15-21)28(20-6-3-4-7-20)29(36)33-26-9-5-8-19(18(26)2)10-11-27(34)35/h5,8-9,12-16,20,28H,3-4,6-7,10-11H2,1-2H3,(H,33,36)(H,34,35). The normalized spacial score (nSPS) is 14.6. The lowest BCUT2D eigenvalue weighted by atomic mass is 9.82. The Morgan fingerprint density at radius 2 is 1.92 bits per heavy atom. The predicted molar refractivity (Wildman–Crippen MR) is 140 cm³/mol. The van der Waals surface area contributed by atoms with Crippen LogP contribution in [0, 0.1) is 25.6 Å². The Labute approximate surface area is 215 Å². The van der Waals surface area contributed by atoms with Gasteiger partial charge in [0.2, 0.25) is 5.91 Å². The van der Waals surface area contributed by atoms with Crippen molar-refractivity contribution in [3.8, 4) is 11.1 Å². The number of carboxylic acid groups (broad SMARTS) is 1. The van der Waals surface area contributed by atoms with Crippen LogP contribution in [0.4, 0.5) is 10.1 Å². The van der Waals surface area contributed by atoms with Gasteiger partial charge in [-0.15, -0.1) is 0 Å². The summed E-state index contributed by atoms with van der Waals surface area (Å²) >= 11 is 6.09. The maximum atomic E-state index is 15.6. The van der Waals surface area contributed by atoms with Crippen LogP contribution in [0.1, 0.15) is 60.3 Å². The maximum absolute atomic E-state index is 15.6. The summed E-state index contributed by atoms with van der Waals surface area (Å²) in [6, 6.07) is 10.5. The highest BCUT2D eigenvalue weighted by molar-refractivity contribution is 6.30. The molecule has 5 nitrogen and oxygen atoms in total. The molecule has 1 aliphatic carbocycles. The van der Waals surface area contributed by atoms with Gasteiger partial charge in [-0.25, -0.2) is 4.39 Å². The molecule has 4 rings (SSSR count). The van der Waals surface area contributed by atoms with Crippen molar-refractivity contribution < 1.29 is 19.1 Å². The first-order valence-electron chi connectivity index (χ1n) is 12.3. The van der Waals surface area contributed by atoms with E-state index < -0.39 is 17.7 Å². The van der Waals surface area contributed by atoms with Gasteiger partial charge in [-0.05, 0) is 79.5 Å². The zero-order valence-electron chi connectivity index (χ0n) is 20.5. The van der Waals surface area contributed by atoms with E-state index in [1.165, 1.54) is 12.3 Å². The molecule has 0 saturated heterocycles. The van der Waals surface area contributed by atoms with Gasteiger partial charge in [0.1, 0.15) is 5.82 Å². The molecule has 2 aromatic carbocycles. The van der Waals surface area contributed by atoms with Crippen LogP contribution in [0.5, 0.6) is 0 Å². The quantitative estimate of drug-likeness (QED) is 0.340. The number of carbonyl (C=O) groups excluding carboxylic acids is 1. The van der Waals surface area contributed by atoms with Crippen molar-refractivity contribution in [1.82, 2.24) is 4.98 Å². The minimum absolute atomic E-state index is 0.0158. The number of carbonyl (C=O) groups is 2. The second-order valence-corrected chi connectivity index (χ2v) is 10.0. The van der Waals surface area contributed by atoms with Gasteiger partial charge < -0.3 is 10.4 Å². The summed E-state index contributed by atoms with van der Waals surface area (Å²) in [7, 11) is 0. The first-order chi connectivity index (χ1) is 17.2. The number of carboxylic acids is 1. The molecule has 0 bridgehead atoms. The lowest BCUT2D eigenvalue weighted by molar-refractivity contribution is -0.137. The molecule has 1 aliphatic rings. The number of anilines is 1. The van der Waals surface area contributed by atoms with E-state index in [9.17, 15) is 9.59 Å². The van der Waals surface area contributed by atoms with Gasteiger partial charge in [0.05, 0.1) is 10.9 Å². The number of halogens is 2. The molecule has 36 heavy (non-hydrogen) atoms. The minimum Gasteiger partial charge on any atom is -0.481 e. The second-order valence-electron chi connectivity index (χ2n) is 9.58. The SMILES string of the molecule is Cc1cc(C(C(=O)Nc2cccc(CCC(=O)O)c2C)C2CCCC2)c(F)cc1-c1cncc(Cl)c1. The van der Waals surface area contributed by atoms with Crippen LogP contribution in [0.15, 0.2) is 48.8 Å². The van der Waals surface area contributed by atoms with Gasteiger partial charge in [-0.1, -0.05) is 42.6 Å². The fourth-order valence-electron chi connectivity index (χ4n) is 5.25. The number of rotatable bonds is 8. The van der Waals surface area contributed by atoms with Gasteiger partial charge in [0.25, 0.3) is 0 Å². The molecular weight excluding hydrogens is 479 g/mol. The largest absolute Gasteiger partial charge is 0.481 e. The number of nitrogens with one attached hydrogen (secondary N) is 1. The third-order valence-corrected chi connectivity index (χ3v) is 7.37. The number of nitrogens with zero attached hydrogens (tertiary/aromatic N) is 1. The summed E-state index contributed by atoms with van der Waals surface area (Å²) in [5.41, 5.74) is 4.99. The van der Waals surface area contributed by atoms with Crippen molar-refractivity contribution in [1.29, 1.82) is 0 Å². The Morgan fingerprint density at radius 3 is 2.61 bits per heavy atom. The molecule has 1 saturated carbocycles. The Bertz CT molecular complexity index is 1290. The highest BCUT2D eigenvalue weighted by Gasteiger charge is 2.34. The Morgan fingerprint density at radius 1 is 1.17 bits per heavy atom. The van der Waals surface area contributed by atoms with Crippen LogP contribution in [-0.2, 0) is 16.0 Å². The molecule has 3 aromatic rings. The monoisotopic (exact) mass is 508 g/mol. The molecule has 2 N–H and O–H groups in total. The van der Waals surface area contributed by atoms with Crippen molar-refractivity contribution in [2.75, 3.05) is 5.32 Å². The zero-order chi connectivity index (χ0) is 25.8. The topological polar surface area (TPSA) is 79.3 Å². The lowest BCUT2D eigenvalue weighted by Gasteiger charge is -2.25. The molecule has 0 radical (unpaired) electrons. The molecule has 1 fully saturated rings. The van der Waals surface area contributed by atoms with Crippen LogP contribution in [0.25, 0.3) is 11.1 Å². The van der Waals surface area contributed by atoms with Crippen molar-refractivity contribution in [2.24, 2.45) is 5.92 Å². The van der Waals surface area contributed by atoms with Crippen molar-refractivity contribution >= 4 is 29.2 Å². The number of hydrogen-bond donors (Lipinski definition) is 2. The molecular formula is C29H30ClFN2O3. The van der Waals surface area contributed by atoms with Gasteiger partial charge in [-0.2, -0.15) is 0 Å². The molecule has 1 amide bonds. The van der Waals surface area contributed by atoms with Crippen LogP contribution in [0.3, 0.4) is 0 Å². The summed E-state index contributed by atoms with van der Waals surface area (Å²) in [4.78, 5) is 28.8. The van der Waals surface area contributed by atoms with Gasteiger partial charge in [-0.3, -0.25) is 14.6 Å². The zero-order valence-corrected chi connectivity index (χ0v) is 21.2. The van der Waals surface area contributed by atoms with Crippen LogP contribution >= 0.6 is 11.6 Å². The highest BCUT2D eigenvalue weighted by Crippen LogP contribution is 2.41. The lowest BCUT2D eigenvalue weighted by Crippen LogP contribution is -2.28. The number of benzene rings is 2. The Balaban J connectivity index is 1.67. The second kappa shape index (κ2) is 11.2. The van der Waals surface area contributed by atoms with E-state index in [2.05, 4.69) is 10.3 Å². The molecule has 1 unspecified atom stereocenters. The average Bonchev–Trinajstić information content (AvgIpc) is 3.36. The highest BCUT2D eigenvalue weighted by atomic mass is 35.5. The molecule has 0 spiro atoms. The van der Waals surface area contributed by atoms with Crippen molar-refractivity contribution in [3.05, 3.63) is 81.9 Å². The van der Waals surface area contributed by atoms with E-state index in [1.807, 2.05) is 26.0 Å². The number of aromatic nitrogens is 1. The van der Waals surface area contributed by atoms with Crippen molar-refractivity contribution in [3.63, 3.8) is 0 Å². The van der Waals surface area contributed by atoms with E-state index in [4.69, 9.17) is 16.7 Å². The summed E-state index contributed by atoms with van der Waals surface area (Å²) in [6.45, 7) is 3.77. The van der Waals surface area contributed by atoms with E-state index in [-0.39, 0.29) is 18.2 Å². The summed E-state index contributed by atoms with van der Waals surface area (Å²) in [6.07, 6.45) is 7.35. The van der Waals surface area contributed by atoms with Crippen LogP contribution in [0.2, 0.25) is 5.02 Å². The maximum Gasteiger partial charge on any atom is 0.303 e. The Kier molecular flexibility index (Phi) is 8.04. The third-order valence-electron chi connectivity index (χ3n) is 7.16. The number of hydrogen-bond acceptors (Lipinski definition) is 3. The summed E-state index contributed by atoms with van der Waals surface area (Å²) < 4.78 is 15.6. The summed E-state index contributed by atoms with van der Waals surface area (Å²) in [5, 5.41) is 12.5. The molecule has 188 valence electrons. The number of aryl methyl sites for hydroxylation is 2. The van der Waals surface area contributed by atoms with E-state index in [1.54, 1.807) is 24.4 Å². The fraction of sp³-hybridized carbons (Fsp3) is 0.345. The molecule has 7 heteroatoms. The molecule has 0 aliphatic heterocycles. The van der Waals surface area contributed by atoms with Crippen LogP contribution < -0.4 is 5.32 Å². The van der Waals surface area contributed by atoms with Crippen LogP contribution in [-0.4, -0.2) is 22.0 Å². The van der Waals surface area contributed by atoms with E-state index in [0.717, 1.165) is 47.9 Å². The average molecular weight is 509 g/mol. The van der Waals surface area contributed by atoms with Crippen molar-refractivity contribution in [2.45, 2.75) is 58.3 Å². The smallest absolute Gasteiger partial charge is 0.303 e. The minimum atomic E-state index is -0.868. The van der Waals surface area contributed by atoms with E-state index >= 15 is 4.39 Å². The third kappa shape index (κ3) is 5.76. The van der Waals surface area contributed by atoms with Gasteiger partial charge in [0, 0.05) is 35.6 Å². The molecule has 1 heterocycles. The number of amides is 1.